The molecule has 0 aliphatic rings. The zero-order valence-electron chi connectivity index (χ0n) is 19.8. The number of fused-ring (bicyclic) bond motifs is 2. The lowest BCUT2D eigenvalue weighted by atomic mass is 10.2. The molecule has 4 aromatic rings. The molecule has 0 saturated heterocycles. The summed E-state index contributed by atoms with van der Waals surface area (Å²) in [6.07, 6.45) is 0. The summed E-state index contributed by atoms with van der Waals surface area (Å²) < 4.78 is 0.610. The van der Waals surface area contributed by atoms with Gasteiger partial charge in [0.2, 0.25) is 0 Å². The van der Waals surface area contributed by atoms with E-state index in [0.717, 1.165) is 0 Å². The average Bonchev–Trinajstić information content (AvgIpc) is 2.84. The summed E-state index contributed by atoms with van der Waals surface area (Å²) in [5.74, 6) is 4.58. The Hall–Kier alpha value is -5.20. The molecular formula is C20H18N8O8. The van der Waals surface area contributed by atoms with E-state index in [1.54, 1.807) is 0 Å². The van der Waals surface area contributed by atoms with Gasteiger partial charge in [-0.25, -0.2) is 0 Å². The van der Waals surface area contributed by atoms with E-state index in [-0.39, 0.29) is 72.0 Å². The summed E-state index contributed by atoms with van der Waals surface area (Å²) in [5.41, 5.74) is -5.54. The fraction of sp³-hybridized carbons (Fsp3) is 0.300. The maximum absolute atomic E-state index is 13.0. The first-order chi connectivity index (χ1) is 16.7. The van der Waals surface area contributed by atoms with Gasteiger partial charge in [0.25, 0.3) is 34.2 Å². The van der Waals surface area contributed by atoms with Crippen LogP contribution in [0.15, 0.2) is 0 Å². The second kappa shape index (κ2) is 7.66. The SMILES string of the molecule is Cc1c(C)[n+]([O-])c2c([n+]1[O-])[n+]([O-])c(C)c(C#Cc1c(C)[n+]([O-])c3c([n+]([O-])c(C)c(C)[n+]3[O-])[n+]1[O-])[n+]2[O-]. The standard InChI is InChI=1S/C20H18N8O8/c1-9-11(3)23(31)19-17(21(9)29)25(33)13(5)15(27(19)35)7-8-16-14(6)26(34)18-20(28(16)36)24(32)12(4)10(2)22(18)30/h1-6H3. The molecule has 16 nitrogen and oxygen atoms in total. The highest BCUT2D eigenvalue weighted by Crippen LogP contribution is 2.08. The zero-order valence-corrected chi connectivity index (χ0v) is 19.8. The van der Waals surface area contributed by atoms with Gasteiger partial charge in [-0.15, -0.1) is 0 Å². The quantitative estimate of drug-likeness (QED) is 0.133. The highest BCUT2D eigenvalue weighted by atomic mass is 16.5. The van der Waals surface area contributed by atoms with Crippen molar-refractivity contribution in [1.82, 2.24) is 0 Å². The minimum absolute atomic E-state index is 0.0242. The van der Waals surface area contributed by atoms with E-state index in [9.17, 15) is 41.7 Å². The minimum atomic E-state index is -0.835. The van der Waals surface area contributed by atoms with Gasteiger partial charge in [0, 0.05) is 53.4 Å². The normalized spacial score (nSPS) is 11.2. The van der Waals surface area contributed by atoms with Gasteiger partial charge in [0.15, 0.2) is 0 Å². The van der Waals surface area contributed by atoms with E-state index in [0.29, 0.717) is 0 Å². The van der Waals surface area contributed by atoms with Gasteiger partial charge in [-0.1, -0.05) is 37.8 Å². The largest absolute Gasteiger partial charge is 0.616 e. The van der Waals surface area contributed by atoms with E-state index in [1.807, 2.05) is 0 Å². The van der Waals surface area contributed by atoms with Crippen LogP contribution in [-0.4, -0.2) is 0 Å². The molecular weight excluding hydrogens is 480 g/mol. The second-order valence-corrected chi connectivity index (χ2v) is 8.11. The fourth-order valence-corrected chi connectivity index (χ4v) is 3.70. The first kappa shape index (κ1) is 23.9. The van der Waals surface area contributed by atoms with Gasteiger partial charge >= 0.3 is 34.0 Å². The molecule has 0 bridgehead atoms. The molecule has 4 heterocycles. The number of hydrogen-bond acceptors (Lipinski definition) is 8. The van der Waals surface area contributed by atoms with Crippen LogP contribution in [0.2, 0.25) is 0 Å². The molecule has 0 aromatic carbocycles. The van der Waals surface area contributed by atoms with Crippen molar-refractivity contribution >= 4 is 22.6 Å². The molecule has 186 valence electrons. The van der Waals surface area contributed by atoms with Crippen LogP contribution in [0.3, 0.4) is 0 Å². The molecule has 0 saturated carbocycles. The van der Waals surface area contributed by atoms with Gasteiger partial charge < -0.3 is 41.7 Å². The van der Waals surface area contributed by atoms with E-state index in [1.165, 1.54) is 41.5 Å². The molecule has 0 N–H and O–H groups in total. The smallest absolute Gasteiger partial charge is 0.613 e. The third-order valence-electron chi connectivity index (χ3n) is 6.20. The lowest BCUT2D eigenvalue weighted by Crippen LogP contribution is -2.59. The van der Waals surface area contributed by atoms with Crippen LogP contribution in [-0.2, 0) is 0 Å². The van der Waals surface area contributed by atoms with Crippen molar-refractivity contribution in [2.75, 3.05) is 0 Å². The average molecular weight is 498 g/mol. The first-order valence-electron chi connectivity index (χ1n) is 10.3. The molecule has 0 spiro atoms. The molecule has 0 aliphatic carbocycles. The van der Waals surface area contributed by atoms with Gasteiger partial charge in [0.1, 0.15) is 0 Å². The van der Waals surface area contributed by atoms with Crippen molar-refractivity contribution < 1.29 is 37.8 Å². The molecule has 0 atom stereocenters. The molecule has 0 aliphatic heterocycles. The van der Waals surface area contributed by atoms with Gasteiger partial charge in [0.05, 0.1) is 0 Å². The maximum atomic E-state index is 13.0. The van der Waals surface area contributed by atoms with Crippen LogP contribution >= 0.6 is 0 Å². The topological polar surface area (TPSA) is 216 Å². The van der Waals surface area contributed by atoms with Crippen LogP contribution in [0.5, 0.6) is 0 Å². The number of hydrogen-bond donors (Lipinski definition) is 0. The Morgan fingerprint density at radius 3 is 0.778 bits per heavy atom. The number of nitrogens with zero attached hydrogens (tertiary/aromatic N) is 8. The Kier molecular flexibility index (Phi) is 5.10. The van der Waals surface area contributed by atoms with Crippen LogP contribution in [0, 0.1) is 95.0 Å². The van der Waals surface area contributed by atoms with Crippen molar-refractivity contribution in [2.24, 2.45) is 0 Å². The summed E-state index contributed by atoms with van der Waals surface area (Å²) in [4.78, 5) is 0. The Bertz CT molecular complexity index is 1620. The highest BCUT2D eigenvalue weighted by Gasteiger charge is 2.43. The Morgan fingerprint density at radius 1 is 0.333 bits per heavy atom. The van der Waals surface area contributed by atoms with E-state index < -0.39 is 34.0 Å². The maximum Gasteiger partial charge on any atom is 0.616 e. The summed E-state index contributed by atoms with van der Waals surface area (Å²) in [6.45, 7) is 7.51. The Balaban J connectivity index is 2.10. The fourth-order valence-electron chi connectivity index (χ4n) is 3.70. The van der Waals surface area contributed by atoms with Gasteiger partial charge in [-0.2, -0.15) is 0 Å². The van der Waals surface area contributed by atoms with E-state index in [4.69, 9.17) is 0 Å². The molecule has 0 fully saturated rings. The number of rotatable bonds is 0. The lowest BCUT2D eigenvalue weighted by Gasteiger charge is -2.10. The summed E-state index contributed by atoms with van der Waals surface area (Å²) in [6, 6.07) is 0. The first-order valence-corrected chi connectivity index (χ1v) is 10.3. The third kappa shape index (κ3) is 2.89. The number of aromatic nitrogens is 8. The molecule has 0 unspecified atom stereocenters. The van der Waals surface area contributed by atoms with Crippen molar-refractivity contribution in [3.8, 4) is 11.8 Å². The van der Waals surface area contributed by atoms with Crippen molar-refractivity contribution in [1.29, 1.82) is 0 Å². The predicted molar refractivity (Wildman–Crippen MR) is 114 cm³/mol. The van der Waals surface area contributed by atoms with E-state index >= 15 is 0 Å². The highest BCUT2D eigenvalue weighted by molar-refractivity contribution is 5.52. The van der Waals surface area contributed by atoms with Crippen LogP contribution < -0.4 is 37.8 Å². The van der Waals surface area contributed by atoms with Gasteiger partial charge in [-0.05, 0) is 0 Å². The summed E-state index contributed by atoms with van der Waals surface area (Å²) >= 11 is 0. The lowest BCUT2D eigenvalue weighted by molar-refractivity contribution is -0.763. The van der Waals surface area contributed by atoms with Crippen molar-refractivity contribution in [3.63, 3.8) is 0 Å². The van der Waals surface area contributed by atoms with Crippen LogP contribution in [0.25, 0.3) is 22.6 Å². The predicted octanol–water partition coefficient (Wildman–Crippen LogP) is -3.69. The van der Waals surface area contributed by atoms with Gasteiger partial charge in [-0.3, -0.25) is 0 Å². The zero-order chi connectivity index (χ0) is 27.0. The summed E-state index contributed by atoms with van der Waals surface area (Å²) in [7, 11) is 0. The molecule has 0 amide bonds. The monoisotopic (exact) mass is 498 g/mol. The molecule has 0 radical (unpaired) electrons. The van der Waals surface area contributed by atoms with Crippen molar-refractivity contribution in [3.05, 3.63) is 87.2 Å². The third-order valence-corrected chi connectivity index (χ3v) is 6.20. The molecule has 4 rings (SSSR count). The van der Waals surface area contributed by atoms with Crippen LogP contribution in [0.1, 0.15) is 45.6 Å². The van der Waals surface area contributed by atoms with E-state index in [2.05, 4.69) is 11.8 Å². The van der Waals surface area contributed by atoms with Crippen molar-refractivity contribution in [2.45, 2.75) is 41.5 Å². The molecule has 36 heavy (non-hydrogen) atoms. The Morgan fingerprint density at radius 2 is 0.528 bits per heavy atom. The van der Waals surface area contributed by atoms with Crippen LogP contribution in [0.4, 0.5) is 0 Å². The summed E-state index contributed by atoms with van der Waals surface area (Å²) in [5, 5.41) is 102. The minimum Gasteiger partial charge on any atom is -0.613 e. The molecule has 4 aromatic heterocycles. The Labute approximate surface area is 201 Å². The second-order valence-electron chi connectivity index (χ2n) is 8.11. The molecule has 16 heteroatoms.